The number of hydrogen-bond donors (Lipinski definition) is 1. The number of rotatable bonds is 6. The van der Waals surface area contributed by atoms with E-state index in [0.717, 1.165) is 30.9 Å². The van der Waals surface area contributed by atoms with Crippen molar-refractivity contribution >= 4 is 0 Å². The van der Waals surface area contributed by atoms with Crippen LogP contribution in [0.5, 0.6) is 11.5 Å². The molecule has 0 spiro atoms. The van der Waals surface area contributed by atoms with E-state index in [4.69, 9.17) is 4.74 Å². The van der Waals surface area contributed by atoms with Crippen LogP contribution in [0.1, 0.15) is 25.8 Å². The molecule has 1 fully saturated rings. The van der Waals surface area contributed by atoms with E-state index in [1.807, 2.05) is 18.2 Å². The molecule has 24 heavy (non-hydrogen) atoms. The summed E-state index contributed by atoms with van der Waals surface area (Å²) >= 11 is 0. The Hall–Kier alpha value is -1.91. The normalized spacial score (nSPS) is 17.6. The summed E-state index contributed by atoms with van der Waals surface area (Å²) in [6.45, 7) is 7.45. The molecule has 0 bridgehead atoms. The molecule has 0 radical (unpaired) electrons. The standard InChI is InChI=1S/C20H25FN2O/c1-15(2)23(18-11-12-22-13-18)14-16-5-3-4-6-20(16)24-19-9-7-17(21)8-10-19/h3-10,15,18,22H,11-14H2,1-2H3. The number of halogens is 1. The van der Waals surface area contributed by atoms with Crippen LogP contribution in [-0.2, 0) is 6.54 Å². The zero-order chi connectivity index (χ0) is 16.9. The molecular weight excluding hydrogens is 303 g/mol. The zero-order valence-corrected chi connectivity index (χ0v) is 14.3. The summed E-state index contributed by atoms with van der Waals surface area (Å²) in [5.41, 5.74) is 1.16. The molecule has 1 unspecified atom stereocenters. The smallest absolute Gasteiger partial charge is 0.131 e. The molecule has 2 aromatic rings. The van der Waals surface area contributed by atoms with Crippen molar-refractivity contribution in [2.24, 2.45) is 0 Å². The van der Waals surface area contributed by atoms with Gasteiger partial charge in [-0.05, 0) is 57.1 Å². The molecule has 3 nitrogen and oxygen atoms in total. The Kier molecular flexibility index (Phi) is 5.48. The van der Waals surface area contributed by atoms with E-state index >= 15 is 0 Å². The molecule has 4 heteroatoms. The van der Waals surface area contributed by atoms with Gasteiger partial charge in [-0.25, -0.2) is 4.39 Å². The maximum atomic E-state index is 13.1. The first kappa shape index (κ1) is 16.9. The summed E-state index contributed by atoms with van der Waals surface area (Å²) in [4.78, 5) is 2.52. The highest BCUT2D eigenvalue weighted by Crippen LogP contribution is 2.28. The van der Waals surface area contributed by atoms with Crippen molar-refractivity contribution in [2.75, 3.05) is 13.1 Å². The molecule has 128 valence electrons. The molecule has 1 N–H and O–H groups in total. The molecule has 1 aliphatic heterocycles. The van der Waals surface area contributed by atoms with Crippen LogP contribution in [0.25, 0.3) is 0 Å². The highest BCUT2D eigenvalue weighted by atomic mass is 19.1. The Morgan fingerprint density at radius 1 is 1.17 bits per heavy atom. The summed E-state index contributed by atoms with van der Waals surface area (Å²) in [7, 11) is 0. The zero-order valence-electron chi connectivity index (χ0n) is 14.3. The van der Waals surface area contributed by atoms with Gasteiger partial charge in [0.1, 0.15) is 17.3 Å². The van der Waals surface area contributed by atoms with Gasteiger partial charge in [0.05, 0.1) is 0 Å². The van der Waals surface area contributed by atoms with Crippen molar-refractivity contribution in [1.82, 2.24) is 10.2 Å². The van der Waals surface area contributed by atoms with Crippen LogP contribution >= 0.6 is 0 Å². The lowest BCUT2D eigenvalue weighted by molar-refractivity contribution is 0.153. The third kappa shape index (κ3) is 4.13. The van der Waals surface area contributed by atoms with Gasteiger partial charge in [0.25, 0.3) is 0 Å². The average Bonchev–Trinajstić information content (AvgIpc) is 3.10. The fourth-order valence-electron chi connectivity index (χ4n) is 3.22. The van der Waals surface area contributed by atoms with Crippen LogP contribution in [-0.4, -0.2) is 30.1 Å². The molecule has 0 amide bonds. The Morgan fingerprint density at radius 3 is 2.58 bits per heavy atom. The number of benzene rings is 2. The summed E-state index contributed by atoms with van der Waals surface area (Å²) in [5.74, 6) is 1.23. The summed E-state index contributed by atoms with van der Waals surface area (Å²) in [6.07, 6.45) is 1.18. The van der Waals surface area contributed by atoms with Gasteiger partial charge >= 0.3 is 0 Å². The number of nitrogens with zero attached hydrogens (tertiary/aromatic N) is 1. The molecule has 1 heterocycles. The maximum absolute atomic E-state index is 13.1. The Labute approximate surface area is 143 Å². The minimum Gasteiger partial charge on any atom is -0.457 e. The Morgan fingerprint density at radius 2 is 1.92 bits per heavy atom. The lowest BCUT2D eigenvalue weighted by atomic mass is 10.1. The lowest BCUT2D eigenvalue weighted by Gasteiger charge is -2.32. The molecule has 1 saturated heterocycles. The van der Waals surface area contributed by atoms with Crippen molar-refractivity contribution in [3.63, 3.8) is 0 Å². The highest BCUT2D eigenvalue weighted by Gasteiger charge is 2.25. The molecular formula is C20H25FN2O. The van der Waals surface area contributed by atoms with Gasteiger partial charge in [-0.1, -0.05) is 18.2 Å². The van der Waals surface area contributed by atoms with E-state index in [0.29, 0.717) is 17.8 Å². The first-order chi connectivity index (χ1) is 11.6. The number of para-hydroxylation sites is 1. The molecule has 0 aliphatic carbocycles. The number of ether oxygens (including phenoxy) is 1. The van der Waals surface area contributed by atoms with E-state index in [2.05, 4.69) is 30.1 Å². The van der Waals surface area contributed by atoms with Crippen LogP contribution in [0.4, 0.5) is 4.39 Å². The number of nitrogens with one attached hydrogen (secondary N) is 1. The van der Waals surface area contributed by atoms with E-state index in [1.54, 1.807) is 12.1 Å². The van der Waals surface area contributed by atoms with Gasteiger partial charge < -0.3 is 10.1 Å². The van der Waals surface area contributed by atoms with Gasteiger partial charge in [0.15, 0.2) is 0 Å². The van der Waals surface area contributed by atoms with E-state index < -0.39 is 0 Å². The van der Waals surface area contributed by atoms with E-state index in [-0.39, 0.29) is 5.82 Å². The van der Waals surface area contributed by atoms with Crippen molar-refractivity contribution in [3.05, 3.63) is 59.9 Å². The van der Waals surface area contributed by atoms with Crippen LogP contribution in [0, 0.1) is 5.82 Å². The minimum atomic E-state index is -0.254. The summed E-state index contributed by atoms with van der Waals surface area (Å²) in [6, 6.07) is 15.3. The van der Waals surface area contributed by atoms with Crippen LogP contribution in [0.2, 0.25) is 0 Å². The maximum Gasteiger partial charge on any atom is 0.131 e. The first-order valence-electron chi connectivity index (χ1n) is 8.61. The molecule has 2 aromatic carbocycles. The van der Waals surface area contributed by atoms with Crippen molar-refractivity contribution in [1.29, 1.82) is 0 Å². The Balaban J connectivity index is 1.78. The van der Waals surface area contributed by atoms with Gasteiger partial charge in [-0.15, -0.1) is 0 Å². The molecule has 0 aromatic heterocycles. The molecule has 1 aliphatic rings. The second-order valence-corrected chi connectivity index (χ2v) is 6.58. The Bertz CT molecular complexity index is 651. The summed E-state index contributed by atoms with van der Waals surface area (Å²) in [5, 5.41) is 3.44. The topological polar surface area (TPSA) is 24.5 Å². The van der Waals surface area contributed by atoms with E-state index in [9.17, 15) is 4.39 Å². The second kappa shape index (κ2) is 7.77. The SMILES string of the molecule is CC(C)N(Cc1ccccc1Oc1ccc(F)cc1)C1CCNC1. The van der Waals surface area contributed by atoms with Gasteiger partial charge in [-0.3, -0.25) is 4.90 Å². The summed E-state index contributed by atoms with van der Waals surface area (Å²) < 4.78 is 19.1. The van der Waals surface area contributed by atoms with Gasteiger partial charge in [-0.2, -0.15) is 0 Å². The van der Waals surface area contributed by atoms with Crippen molar-refractivity contribution in [3.8, 4) is 11.5 Å². The number of hydrogen-bond acceptors (Lipinski definition) is 3. The highest BCUT2D eigenvalue weighted by molar-refractivity contribution is 5.38. The minimum absolute atomic E-state index is 0.254. The average molecular weight is 328 g/mol. The molecule has 1 atom stereocenters. The fraction of sp³-hybridized carbons (Fsp3) is 0.400. The van der Waals surface area contributed by atoms with Crippen LogP contribution < -0.4 is 10.1 Å². The fourth-order valence-corrected chi connectivity index (χ4v) is 3.22. The third-order valence-electron chi connectivity index (χ3n) is 4.53. The van der Waals surface area contributed by atoms with Crippen molar-refractivity contribution < 1.29 is 9.13 Å². The predicted octanol–water partition coefficient (Wildman–Crippen LogP) is 4.19. The molecule has 3 rings (SSSR count). The predicted molar refractivity (Wildman–Crippen MR) is 94.9 cm³/mol. The third-order valence-corrected chi connectivity index (χ3v) is 4.53. The van der Waals surface area contributed by atoms with Gasteiger partial charge in [0.2, 0.25) is 0 Å². The van der Waals surface area contributed by atoms with Crippen molar-refractivity contribution in [2.45, 2.75) is 38.9 Å². The van der Waals surface area contributed by atoms with Gasteiger partial charge in [0, 0.05) is 30.7 Å². The van der Waals surface area contributed by atoms with Crippen LogP contribution in [0.15, 0.2) is 48.5 Å². The van der Waals surface area contributed by atoms with E-state index in [1.165, 1.54) is 18.6 Å². The second-order valence-electron chi connectivity index (χ2n) is 6.58. The molecule has 0 saturated carbocycles. The largest absolute Gasteiger partial charge is 0.457 e. The first-order valence-corrected chi connectivity index (χ1v) is 8.61. The van der Waals surface area contributed by atoms with Crippen LogP contribution in [0.3, 0.4) is 0 Å². The monoisotopic (exact) mass is 328 g/mol. The lowest BCUT2D eigenvalue weighted by Crippen LogP contribution is -2.41. The quantitative estimate of drug-likeness (QED) is 0.860.